The second kappa shape index (κ2) is 6.53. The number of aliphatic hydroxyl groups excluding tert-OH is 1. The van der Waals surface area contributed by atoms with Gasteiger partial charge in [0.25, 0.3) is 5.56 Å². The number of aromatic amines is 1. The highest BCUT2D eigenvalue weighted by Gasteiger charge is 2.14. The van der Waals surface area contributed by atoms with Gasteiger partial charge >= 0.3 is 0 Å². The molecule has 0 aliphatic heterocycles. The lowest BCUT2D eigenvalue weighted by Crippen LogP contribution is -2.12. The van der Waals surface area contributed by atoms with Crippen molar-refractivity contribution in [2.45, 2.75) is 13.5 Å². The molecule has 0 aliphatic rings. The topological polar surface area (TPSA) is 76.9 Å². The molecule has 1 heterocycles. The fraction of sp³-hybridized carbons (Fsp3) is 0.100. The number of benzene rings is 2. The van der Waals surface area contributed by atoms with Crippen molar-refractivity contribution in [1.29, 1.82) is 5.26 Å². The zero-order valence-corrected chi connectivity index (χ0v) is 13.2. The Morgan fingerprint density at radius 2 is 1.79 bits per heavy atom. The molecule has 0 amide bonds. The quantitative estimate of drug-likeness (QED) is 0.777. The third kappa shape index (κ3) is 2.85. The molecule has 0 atom stereocenters. The van der Waals surface area contributed by atoms with E-state index in [0.29, 0.717) is 11.3 Å². The van der Waals surface area contributed by atoms with E-state index in [1.165, 1.54) is 0 Å². The first-order chi connectivity index (χ1) is 11.6. The van der Waals surface area contributed by atoms with Crippen LogP contribution in [0.1, 0.15) is 16.8 Å². The average molecular weight is 316 g/mol. The van der Waals surface area contributed by atoms with E-state index in [-0.39, 0.29) is 17.7 Å². The van der Waals surface area contributed by atoms with Crippen LogP contribution >= 0.6 is 0 Å². The number of hydrogen-bond acceptors (Lipinski definition) is 3. The number of nitrogens with zero attached hydrogens (tertiary/aromatic N) is 1. The number of pyridine rings is 1. The molecule has 2 aromatic carbocycles. The summed E-state index contributed by atoms with van der Waals surface area (Å²) in [6.07, 6.45) is 0. The monoisotopic (exact) mass is 316 g/mol. The molecule has 0 bridgehead atoms. The highest BCUT2D eigenvalue weighted by Crippen LogP contribution is 2.33. The molecule has 0 aliphatic carbocycles. The third-order valence-corrected chi connectivity index (χ3v) is 3.92. The minimum atomic E-state index is -0.383. The molecule has 0 unspecified atom stereocenters. The molecule has 0 fully saturated rings. The van der Waals surface area contributed by atoms with Gasteiger partial charge in [-0.05, 0) is 41.3 Å². The predicted octanol–water partition coefficient (Wildman–Crippen LogP) is 3.38. The van der Waals surface area contributed by atoms with Crippen LogP contribution < -0.4 is 5.56 Å². The van der Waals surface area contributed by atoms with Gasteiger partial charge < -0.3 is 10.1 Å². The van der Waals surface area contributed by atoms with Gasteiger partial charge in [0.05, 0.1) is 6.61 Å². The summed E-state index contributed by atoms with van der Waals surface area (Å²) in [6.45, 7) is 1.75. The summed E-state index contributed by atoms with van der Waals surface area (Å²) in [6, 6.07) is 19.1. The van der Waals surface area contributed by atoms with Gasteiger partial charge in [-0.3, -0.25) is 4.79 Å². The fourth-order valence-electron chi connectivity index (χ4n) is 2.82. The summed E-state index contributed by atoms with van der Waals surface area (Å²) in [5, 5.41) is 18.8. The Labute approximate surface area is 139 Å². The number of rotatable bonds is 3. The van der Waals surface area contributed by atoms with Crippen LogP contribution in [-0.2, 0) is 6.61 Å². The lowest BCUT2D eigenvalue weighted by atomic mass is 9.92. The largest absolute Gasteiger partial charge is 0.392 e. The number of nitriles is 1. The van der Waals surface area contributed by atoms with Crippen molar-refractivity contribution in [3.63, 3.8) is 0 Å². The molecule has 4 heteroatoms. The van der Waals surface area contributed by atoms with Gasteiger partial charge in [0.15, 0.2) is 0 Å². The van der Waals surface area contributed by atoms with Crippen LogP contribution in [0.4, 0.5) is 0 Å². The van der Waals surface area contributed by atoms with Gasteiger partial charge in [-0.1, -0.05) is 42.5 Å². The van der Waals surface area contributed by atoms with Crippen LogP contribution in [0.2, 0.25) is 0 Å². The molecule has 3 rings (SSSR count). The number of aliphatic hydroxyl groups is 1. The van der Waals surface area contributed by atoms with Crippen molar-refractivity contribution >= 4 is 0 Å². The fourth-order valence-corrected chi connectivity index (χ4v) is 2.82. The molecule has 0 saturated carbocycles. The highest BCUT2D eigenvalue weighted by atomic mass is 16.3. The van der Waals surface area contributed by atoms with Crippen molar-refractivity contribution < 1.29 is 5.11 Å². The van der Waals surface area contributed by atoms with Crippen LogP contribution in [-0.4, -0.2) is 10.1 Å². The molecule has 1 aromatic heterocycles. The number of hydrogen-bond donors (Lipinski definition) is 2. The second-order valence-corrected chi connectivity index (χ2v) is 5.59. The van der Waals surface area contributed by atoms with Gasteiger partial charge in [0, 0.05) is 11.3 Å². The first-order valence-corrected chi connectivity index (χ1v) is 7.57. The summed E-state index contributed by atoms with van der Waals surface area (Å²) in [4.78, 5) is 14.8. The zero-order chi connectivity index (χ0) is 17.1. The predicted molar refractivity (Wildman–Crippen MR) is 93.3 cm³/mol. The number of aryl methyl sites for hydroxylation is 1. The average Bonchev–Trinajstić information content (AvgIpc) is 2.61. The number of H-pyrrole nitrogens is 1. The molecule has 24 heavy (non-hydrogen) atoms. The second-order valence-electron chi connectivity index (χ2n) is 5.59. The Kier molecular flexibility index (Phi) is 4.28. The van der Waals surface area contributed by atoms with Crippen LogP contribution in [0.15, 0.2) is 59.4 Å². The SMILES string of the molecule is Cc1cc(-c2ccccc2-c2cccc(CO)c2)c(C#N)c(=O)[nH]1. The van der Waals surface area contributed by atoms with Gasteiger partial charge in [-0.15, -0.1) is 0 Å². The molecule has 0 spiro atoms. The van der Waals surface area contributed by atoms with E-state index in [4.69, 9.17) is 0 Å². The summed E-state index contributed by atoms with van der Waals surface area (Å²) >= 11 is 0. The minimum absolute atomic E-state index is 0.0381. The molecule has 3 aromatic rings. The lowest BCUT2D eigenvalue weighted by molar-refractivity contribution is 0.282. The standard InChI is InChI=1S/C20H16N2O2/c1-13-9-18(19(11-21)20(24)22-13)17-8-3-2-7-16(17)15-6-4-5-14(10-15)12-23/h2-10,23H,12H2,1H3,(H,22,24). The third-order valence-electron chi connectivity index (χ3n) is 3.92. The Bertz CT molecular complexity index is 997. The molecular weight excluding hydrogens is 300 g/mol. The molecule has 0 radical (unpaired) electrons. The lowest BCUT2D eigenvalue weighted by Gasteiger charge is -2.12. The van der Waals surface area contributed by atoms with E-state index in [9.17, 15) is 15.2 Å². The number of aromatic nitrogens is 1. The normalized spacial score (nSPS) is 10.4. The Morgan fingerprint density at radius 3 is 2.50 bits per heavy atom. The Hall–Kier alpha value is -3.16. The van der Waals surface area contributed by atoms with Crippen LogP contribution in [0.3, 0.4) is 0 Å². The van der Waals surface area contributed by atoms with Crippen LogP contribution in [0.5, 0.6) is 0 Å². The van der Waals surface area contributed by atoms with Crippen molar-refractivity contribution in [2.75, 3.05) is 0 Å². The molecule has 4 nitrogen and oxygen atoms in total. The molecule has 118 valence electrons. The maximum Gasteiger partial charge on any atom is 0.266 e. The molecule has 0 saturated heterocycles. The van der Waals surface area contributed by atoms with Crippen molar-refractivity contribution in [3.8, 4) is 28.3 Å². The first-order valence-electron chi connectivity index (χ1n) is 7.57. The number of nitrogens with one attached hydrogen (secondary N) is 1. The van der Waals surface area contributed by atoms with Crippen molar-refractivity contribution in [2.24, 2.45) is 0 Å². The van der Waals surface area contributed by atoms with Crippen molar-refractivity contribution in [3.05, 3.63) is 81.8 Å². The Morgan fingerprint density at radius 1 is 1.04 bits per heavy atom. The minimum Gasteiger partial charge on any atom is -0.392 e. The maximum absolute atomic E-state index is 12.1. The highest BCUT2D eigenvalue weighted by molar-refractivity contribution is 5.86. The van der Waals surface area contributed by atoms with E-state index >= 15 is 0 Å². The van der Waals surface area contributed by atoms with Gasteiger partial charge in [0.2, 0.25) is 0 Å². The summed E-state index contributed by atoms with van der Waals surface area (Å²) in [5.74, 6) is 0. The van der Waals surface area contributed by atoms with Crippen molar-refractivity contribution in [1.82, 2.24) is 4.98 Å². The summed E-state index contributed by atoms with van der Waals surface area (Å²) in [7, 11) is 0. The first kappa shape index (κ1) is 15.7. The molecule has 2 N–H and O–H groups in total. The van der Waals surface area contributed by atoms with E-state index < -0.39 is 0 Å². The van der Waals surface area contributed by atoms with E-state index in [0.717, 1.165) is 22.3 Å². The van der Waals surface area contributed by atoms with E-state index in [1.54, 1.807) is 6.92 Å². The van der Waals surface area contributed by atoms with E-state index in [2.05, 4.69) is 4.98 Å². The zero-order valence-electron chi connectivity index (χ0n) is 13.2. The van der Waals surface area contributed by atoms with Crippen LogP contribution in [0, 0.1) is 18.3 Å². The summed E-state index contributed by atoms with van der Waals surface area (Å²) in [5.41, 5.74) is 4.51. The van der Waals surface area contributed by atoms with Gasteiger partial charge in [-0.25, -0.2) is 0 Å². The van der Waals surface area contributed by atoms with E-state index in [1.807, 2.05) is 60.7 Å². The van der Waals surface area contributed by atoms with Gasteiger partial charge in [-0.2, -0.15) is 5.26 Å². The smallest absolute Gasteiger partial charge is 0.266 e. The Balaban J connectivity index is 2.29. The molecular formula is C20H16N2O2. The van der Waals surface area contributed by atoms with Gasteiger partial charge in [0.1, 0.15) is 11.6 Å². The van der Waals surface area contributed by atoms with Crippen LogP contribution in [0.25, 0.3) is 22.3 Å². The summed E-state index contributed by atoms with van der Waals surface area (Å²) < 4.78 is 0. The maximum atomic E-state index is 12.1.